The summed E-state index contributed by atoms with van der Waals surface area (Å²) in [6.45, 7) is 2.49. The van der Waals surface area contributed by atoms with Crippen LogP contribution in [0.25, 0.3) is 21.7 Å². The van der Waals surface area contributed by atoms with E-state index in [1.54, 1.807) is 18.2 Å². The molecule has 3 heterocycles. The summed E-state index contributed by atoms with van der Waals surface area (Å²) in [5.74, 6) is 0.229. The lowest BCUT2D eigenvalue weighted by molar-refractivity contribution is -0.116. The molecule has 1 N–H and O–H groups in total. The van der Waals surface area contributed by atoms with Crippen LogP contribution in [0.4, 0.5) is 5.82 Å². The molecule has 0 aliphatic carbocycles. The van der Waals surface area contributed by atoms with Crippen LogP contribution in [0.3, 0.4) is 0 Å². The molecule has 0 atom stereocenters. The molecule has 0 unspecified atom stereocenters. The zero-order valence-corrected chi connectivity index (χ0v) is 16.1. The molecule has 152 valence electrons. The van der Waals surface area contributed by atoms with Crippen LogP contribution >= 0.6 is 0 Å². The van der Waals surface area contributed by atoms with Gasteiger partial charge in [0.05, 0.1) is 25.0 Å². The Morgan fingerprint density at radius 1 is 1.00 bits per heavy atom. The Hall–Kier alpha value is -3.72. The Bertz CT molecular complexity index is 1290. The van der Waals surface area contributed by atoms with Crippen LogP contribution in [0.2, 0.25) is 0 Å². The van der Waals surface area contributed by atoms with E-state index in [2.05, 4.69) is 20.6 Å². The van der Waals surface area contributed by atoms with E-state index >= 15 is 0 Å². The van der Waals surface area contributed by atoms with Crippen LogP contribution in [-0.2, 0) is 16.0 Å². The van der Waals surface area contributed by atoms with Crippen LogP contribution in [0.1, 0.15) is 5.69 Å². The lowest BCUT2D eigenvalue weighted by Crippen LogP contribution is -2.41. The van der Waals surface area contributed by atoms with Crippen molar-refractivity contribution in [3.8, 4) is 0 Å². The molecule has 0 saturated carbocycles. The van der Waals surface area contributed by atoms with Gasteiger partial charge < -0.3 is 14.2 Å². The van der Waals surface area contributed by atoms with Crippen LogP contribution in [0.5, 0.6) is 0 Å². The molecule has 0 bridgehead atoms. The number of ether oxygens (including phenoxy) is 1. The molecule has 1 aliphatic heterocycles. The van der Waals surface area contributed by atoms with Gasteiger partial charge in [0, 0.05) is 23.9 Å². The first-order valence-corrected chi connectivity index (χ1v) is 9.68. The Kier molecular flexibility index (Phi) is 4.64. The number of aromatic nitrogens is 3. The third kappa shape index (κ3) is 3.29. The summed E-state index contributed by atoms with van der Waals surface area (Å²) in [6.07, 6.45) is -0.0369. The predicted molar refractivity (Wildman–Crippen MR) is 111 cm³/mol. The highest BCUT2D eigenvalue weighted by molar-refractivity contribution is 5.93. The lowest BCUT2D eigenvalue weighted by Gasteiger charge is -2.29. The Labute approximate surface area is 170 Å². The molecule has 30 heavy (non-hydrogen) atoms. The summed E-state index contributed by atoms with van der Waals surface area (Å²) in [4.78, 5) is 28.7. The van der Waals surface area contributed by atoms with Crippen LogP contribution in [0, 0.1) is 0 Å². The molecule has 9 heteroatoms. The number of nitrogens with zero attached hydrogens (tertiary/aromatic N) is 4. The van der Waals surface area contributed by atoms with Gasteiger partial charge in [0.2, 0.25) is 5.91 Å². The number of rotatable bonds is 4. The largest absolute Gasteiger partial charge is 0.378 e. The second kappa shape index (κ2) is 7.60. The average Bonchev–Trinajstić information content (AvgIpc) is 3.19. The fourth-order valence-corrected chi connectivity index (χ4v) is 3.63. The van der Waals surface area contributed by atoms with E-state index in [0.717, 1.165) is 15.6 Å². The van der Waals surface area contributed by atoms with Crippen molar-refractivity contribution in [2.45, 2.75) is 6.42 Å². The Morgan fingerprint density at radius 2 is 1.70 bits per heavy atom. The fourth-order valence-electron chi connectivity index (χ4n) is 3.63. The average molecular weight is 405 g/mol. The third-order valence-corrected chi connectivity index (χ3v) is 5.11. The second-order valence-electron chi connectivity index (χ2n) is 7.02. The van der Waals surface area contributed by atoms with Crippen molar-refractivity contribution in [3.05, 3.63) is 64.6 Å². The molecule has 2 aromatic heterocycles. The highest BCUT2D eigenvalue weighted by Crippen LogP contribution is 2.22. The van der Waals surface area contributed by atoms with E-state index in [0.29, 0.717) is 48.8 Å². The van der Waals surface area contributed by atoms with Crippen molar-refractivity contribution in [2.24, 2.45) is 0 Å². The number of morpholine rings is 1. The molecule has 5 rings (SSSR count). The summed E-state index contributed by atoms with van der Waals surface area (Å²) >= 11 is 0. The number of fused-ring (bicyclic) bond motifs is 2. The van der Waals surface area contributed by atoms with E-state index in [1.165, 1.54) is 0 Å². The number of para-hydroxylation sites is 1. The lowest BCUT2D eigenvalue weighted by atomic mass is 10.1. The van der Waals surface area contributed by atoms with Gasteiger partial charge >= 0.3 is 0 Å². The summed E-state index contributed by atoms with van der Waals surface area (Å²) < 4.78 is 10.7. The molecule has 1 amide bonds. The maximum absolute atomic E-state index is 12.9. The van der Waals surface area contributed by atoms with E-state index < -0.39 is 5.91 Å². The van der Waals surface area contributed by atoms with E-state index in [9.17, 15) is 9.59 Å². The van der Waals surface area contributed by atoms with E-state index in [4.69, 9.17) is 9.26 Å². The zero-order valence-electron chi connectivity index (χ0n) is 16.1. The molecule has 1 fully saturated rings. The zero-order chi connectivity index (χ0) is 20.5. The maximum atomic E-state index is 12.9. The molecular formula is C21H19N5O4. The minimum absolute atomic E-state index is 0.0369. The SMILES string of the molecule is O=C(Cc1noc2ccccc12)Nn1nc(N2CCOCC2)c2ccccc2c1=O. The van der Waals surface area contributed by atoms with Gasteiger partial charge in [0.25, 0.3) is 5.56 Å². The van der Waals surface area contributed by atoms with Gasteiger partial charge in [-0.2, -0.15) is 0 Å². The van der Waals surface area contributed by atoms with Crippen LogP contribution in [-0.4, -0.2) is 47.3 Å². The summed E-state index contributed by atoms with van der Waals surface area (Å²) in [7, 11) is 0. The number of benzene rings is 2. The number of carbonyl (C=O) groups excluding carboxylic acids is 1. The quantitative estimate of drug-likeness (QED) is 0.551. The highest BCUT2D eigenvalue weighted by atomic mass is 16.5. The molecular weight excluding hydrogens is 386 g/mol. The topological polar surface area (TPSA) is 102 Å². The van der Waals surface area contributed by atoms with Crippen molar-refractivity contribution < 1.29 is 14.1 Å². The number of carbonyl (C=O) groups is 1. The second-order valence-corrected chi connectivity index (χ2v) is 7.02. The molecule has 1 saturated heterocycles. The van der Waals surface area contributed by atoms with Crippen molar-refractivity contribution in [2.75, 3.05) is 36.6 Å². The number of nitrogens with one attached hydrogen (secondary N) is 1. The van der Waals surface area contributed by atoms with Crippen molar-refractivity contribution in [1.82, 2.24) is 15.0 Å². The first-order valence-electron chi connectivity index (χ1n) is 9.68. The van der Waals surface area contributed by atoms with E-state index in [-0.39, 0.29) is 12.0 Å². The predicted octanol–water partition coefficient (Wildman–Crippen LogP) is 1.69. The first kappa shape index (κ1) is 18.3. The molecule has 0 radical (unpaired) electrons. The fraction of sp³-hybridized carbons (Fsp3) is 0.238. The van der Waals surface area contributed by atoms with E-state index in [1.807, 2.05) is 30.3 Å². The minimum Gasteiger partial charge on any atom is -0.378 e. The Balaban J connectivity index is 1.48. The van der Waals surface area contributed by atoms with Gasteiger partial charge in [-0.05, 0) is 18.2 Å². The summed E-state index contributed by atoms with van der Waals surface area (Å²) in [5, 5.41) is 10.4. The summed E-state index contributed by atoms with van der Waals surface area (Å²) in [6, 6.07) is 14.6. The standard InChI is InChI=1S/C21H19N5O4/c27-19(13-17-16-7-3-4-8-18(16)30-24-17)22-26-21(28)15-6-2-1-5-14(15)20(23-26)25-9-11-29-12-10-25/h1-8H,9-13H2,(H,22,27). The molecule has 9 nitrogen and oxygen atoms in total. The van der Waals surface area contributed by atoms with Crippen molar-refractivity contribution >= 4 is 33.5 Å². The van der Waals surface area contributed by atoms with Gasteiger partial charge in [-0.25, -0.2) is 5.43 Å². The van der Waals surface area contributed by atoms with Gasteiger partial charge in [0.15, 0.2) is 11.4 Å². The molecule has 2 aromatic carbocycles. The number of anilines is 1. The third-order valence-electron chi connectivity index (χ3n) is 5.11. The van der Waals surface area contributed by atoms with Gasteiger partial charge in [-0.3, -0.25) is 9.59 Å². The Morgan fingerprint density at radius 3 is 2.50 bits per heavy atom. The monoisotopic (exact) mass is 405 g/mol. The van der Waals surface area contributed by atoms with Gasteiger partial charge in [-0.15, -0.1) is 9.89 Å². The van der Waals surface area contributed by atoms with Gasteiger partial charge in [-0.1, -0.05) is 35.5 Å². The van der Waals surface area contributed by atoms with Crippen LogP contribution < -0.4 is 15.9 Å². The van der Waals surface area contributed by atoms with Crippen molar-refractivity contribution in [1.29, 1.82) is 0 Å². The molecule has 4 aromatic rings. The number of amides is 1. The minimum atomic E-state index is -0.410. The number of hydrogen-bond acceptors (Lipinski definition) is 7. The van der Waals surface area contributed by atoms with Gasteiger partial charge in [0.1, 0.15) is 5.69 Å². The highest BCUT2D eigenvalue weighted by Gasteiger charge is 2.20. The number of hydrogen-bond donors (Lipinski definition) is 1. The normalized spacial score (nSPS) is 14.3. The summed E-state index contributed by atoms with van der Waals surface area (Å²) in [5.41, 5.74) is 3.32. The van der Waals surface area contributed by atoms with Crippen LogP contribution in [0.15, 0.2) is 57.8 Å². The smallest absolute Gasteiger partial charge is 0.294 e. The first-order chi connectivity index (χ1) is 14.7. The van der Waals surface area contributed by atoms with Crippen molar-refractivity contribution in [3.63, 3.8) is 0 Å². The maximum Gasteiger partial charge on any atom is 0.294 e. The molecule has 0 spiro atoms. The molecule has 1 aliphatic rings.